The van der Waals surface area contributed by atoms with Gasteiger partial charge in [0.25, 0.3) is 0 Å². The summed E-state index contributed by atoms with van der Waals surface area (Å²) in [7, 11) is 0. The second-order valence-electron chi connectivity index (χ2n) is 23.6. The molecule has 0 bridgehead atoms. The zero-order valence-electron chi connectivity index (χ0n) is 51.1. The van der Waals surface area contributed by atoms with Crippen molar-refractivity contribution in [3.63, 3.8) is 0 Å². The quantitative estimate of drug-likeness (QED) is 0.0148. The number of H-pyrrole nitrogens is 2. The van der Waals surface area contributed by atoms with E-state index in [1.54, 1.807) is 58.2 Å². The molecule has 2 saturated heterocycles. The number of nitrogens with zero attached hydrogens (tertiary/aromatic N) is 3. The molecule has 2 fully saturated rings. The molecule has 2 aliphatic rings. The van der Waals surface area contributed by atoms with E-state index < -0.39 is 120 Å². The van der Waals surface area contributed by atoms with E-state index in [-0.39, 0.29) is 93.9 Å². The van der Waals surface area contributed by atoms with Crippen LogP contribution in [0.25, 0.3) is 10.9 Å². The molecular weight excluding hydrogens is 1150 g/mol. The Hall–Kier alpha value is -9.12. The van der Waals surface area contributed by atoms with Crippen LogP contribution >= 0.6 is 0 Å². The number of benzene rings is 2. The summed E-state index contributed by atoms with van der Waals surface area (Å²) < 4.78 is 6.04. The van der Waals surface area contributed by atoms with E-state index in [0.717, 1.165) is 0 Å². The van der Waals surface area contributed by atoms with Crippen LogP contribution in [-0.2, 0) is 71.9 Å². The zero-order valence-corrected chi connectivity index (χ0v) is 51.1. The Morgan fingerprint density at radius 2 is 1.36 bits per heavy atom. The van der Waals surface area contributed by atoms with Crippen molar-refractivity contribution in [3.8, 4) is 5.75 Å². The Bertz CT molecular complexity index is 3120. The molecule has 2 aromatic heterocycles. The molecule has 0 saturated carbocycles. The predicted octanol–water partition coefficient (Wildman–Crippen LogP) is -1.67. The Balaban J connectivity index is 1.24. The molecule has 2 aromatic carbocycles. The number of nitrogens with one attached hydrogen (secondary N) is 11. The van der Waals surface area contributed by atoms with Crippen molar-refractivity contribution < 1.29 is 62.9 Å². The lowest BCUT2D eigenvalue weighted by atomic mass is 10.0. The van der Waals surface area contributed by atoms with Crippen molar-refractivity contribution in [2.24, 2.45) is 22.4 Å². The standard InChI is InChI=1S/C60H86N16O13/c1-7-64-57(87)48-15-11-23-76(48)58(88)41(14-10-22-65-59(61)62)69-51(81)42(24-33(2)3)70-56(86)47(31-89-60(4,5)6)75-52(82)43(25-34-16-18-37(78)19-17-34)71-55(85)46(30-77)74-53(83)44(26-35-28-66-39-13-9-8-12-38(35)39)72-54(84)45(27-36-29-63-32-67-36)73-50(80)40-20-21-49(79)68-40/h8-9,12-13,16-19,28-29,32-33,40-48,66,77-78H,7,10-11,14-15,20-27,30-31H2,1-6H3,(H,63,67)(H,64,87)(H,68,79)(H,69,81)(H,70,86)(H,71,85)(H,72,84)(H,73,80)(H,74,83)(H,75,82)(H4,61,62,65)/t40-,41-,42-,43-,44-,45-,46-,47?,48-/m0/s1. The van der Waals surface area contributed by atoms with E-state index in [0.29, 0.717) is 47.1 Å². The van der Waals surface area contributed by atoms with Crippen LogP contribution in [0, 0.1) is 5.92 Å². The SMILES string of the molecule is CCNC(=O)[C@@H]1CCCN1C(=O)[C@H](CCCN=C(N)N)NC(=O)[C@H](CC(C)C)NC(=O)C(COC(C)(C)C)NC(=O)[C@H](Cc1ccc(O)cc1)NC(=O)[C@H](CO)NC(=O)[C@H](Cc1c[nH]c2ccccc12)NC(=O)[C@H](Cc1cnc[nH]1)NC(=O)[C@@H]1CCC(=O)N1. The van der Waals surface area contributed by atoms with Gasteiger partial charge in [-0.3, -0.25) is 52.9 Å². The van der Waals surface area contributed by atoms with Gasteiger partial charge in [0.15, 0.2) is 5.96 Å². The number of aromatic amines is 2. The summed E-state index contributed by atoms with van der Waals surface area (Å²) in [6.07, 6.45) is 5.56. The van der Waals surface area contributed by atoms with Gasteiger partial charge >= 0.3 is 0 Å². The fraction of sp³-hybridized carbons (Fsp3) is 0.533. The molecule has 29 heteroatoms. The number of hydrogen-bond acceptors (Lipinski definition) is 15. The van der Waals surface area contributed by atoms with E-state index in [9.17, 15) is 58.2 Å². The van der Waals surface area contributed by atoms with E-state index >= 15 is 0 Å². The summed E-state index contributed by atoms with van der Waals surface area (Å²) in [5.41, 5.74) is 12.4. The summed E-state index contributed by atoms with van der Waals surface area (Å²) in [6.45, 7) is 9.78. The molecule has 4 heterocycles. The number of phenols is 1. The first-order chi connectivity index (χ1) is 42.3. The van der Waals surface area contributed by atoms with Gasteiger partial charge in [0.05, 0.1) is 25.1 Å². The van der Waals surface area contributed by atoms with Gasteiger partial charge in [0, 0.05) is 74.3 Å². The van der Waals surface area contributed by atoms with Gasteiger partial charge in [-0.25, -0.2) is 4.98 Å². The molecule has 17 N–H and O–H groups in total. The van der Waals surface area contributed by atoms with Gasteiger partial charge in [-0.05, 0) is 101 Å². The lowest BCUT2D eigenvalue weighted by molar-refractivity contribution is -0.142. The number of phenolic OH excluding ortho intramolecular Hbond substituents is 1. The minimum Gasteiger partial charge on any atom is -0.508 e. The summed E-state index contributed by atoms with van der Waals surface area (Å²) in [5, 5.41) is 45.7. The Labute approximate surface area is 515 Å². The third kappa shape index (κ3) is 21.0. The number of carbonyl (C=O) groups excluding carboxylic acids is 10. The number of ether oxygens (including phenoxy) is 1. The molecule has 484 valence electrons. The number of aromatic hydroxyl groups is 1. The predicted molar refractivity (Wildman–Crippen MR) is 326 cm³/mol. The van der Waals surface area contributed by atoms with E-state index in [1.807, 2.05) is 13.8 Å². The molecule has 4 aromatic rings. The number of imidazole rings is 1. The summed E-state index contributed by atoms with van der Waals surface area (Å²) in [5.74, 6) is -7.72. The average Bonchev–Trinajstić information content (AvgIpc) is 2.55. The Morgan fingerprint density at radius 3 is 1.98 bits per heavy atom. The van der Waals surface area contributed by atoms with Crippen LogP contribution in [0.5, 0.6) is 5.75 Å². The fourth-order valence-corrected chi connectivity index (χ4v) is 10.3. The molecule has 9 atom stereocenters. The highest BCUT2D eigenvalue weighted by Gasteiger charge is 2.40. The smallest absolute Gasteiger partial charge is 0.245 e. The molecule has 0 spiro atoms. The number of rotatable bonds is 32. The third-order valence-corrected chi connectivity index (χ3v) is 14.9. The van der Waals surface area contributed by atoms with Crippen molar-refractivity contribution >= 4 is 75.9 Å². The highest BCUT2D eigenvalue weighted by molar-refractivity contribution is 5.99. The summed E-state index contributed by atoms with van der Waals surface area (Å²) in [4.78, 5) is 156. The first-order valence-electron chi connectivity index (χ1n) is 29.9. The number of para-hydroxylation sites is 1. The van der Waals surface area contributed by atoms with Gasteiger partial charge in [-0.2, -0.15) is 0 Å². The minimum atomic E-state index is -1.78. The highest BCUT2D eigenvalue weighted by atomic mass is 16.5. The summed E-state index contributed by atoms with van der Waals surface area (Å²) >= 11 is 0. The number of hydrogen-bond donors (Lipinski definition) is 15. The maximum atomic E-state index is 14.8. The van der Waals surface area contributed by atoms with Crippen molar-refractivity contribution in [2.45, 2.75) is 166 Å². The van der Waals surface area contributed by atoms with Crippen LogP contribution in [0.15, 0.2) is 72.2 Å². The number of carbonyl (C=O) groups is 10. The fourth-order valence-electron chi connectivity index (χ4n) is 10.3. The maximum Gasteiger partial charge on any atom is 0.245 e. The van der Waals surface area contributed by atoms with E-state index in [2.05, 4.69) is 67.8 Å². The molecule has 6 rings (SSSR count). The van der Waals surface area contributed by atoms with Gasteiger partial charge in [0.1, 0.15) is 60.1 Å². The maximum absolute atomic E-state index is 14.8. The molecule has 89 heavy (non-hydrogen) atoms. The van der Waals surface area contributed by atoms with Crippen LogP contribution in [-0.4, -0.2) is 188 Å². The number of amides is 10. The van der Waals surface area contributed by atoms with Crippen LogP contribution in [0.1, 0.15) is 103 Å². The van der Waals surface area contributed by atoms with Gasteiger partial charge in [0.2, 0.25) is 59.1 Å². The molecule has 0 radical (unpaired) electrons. The topological polar surface area (TPSA) is 441 Å². The van der Waals surface area contributed by atoms with Crippen LogP contribution in [0.3, 0.4) is 0 Å². The zero-order chi connectivity index (χ0) is 65.0. The van der Waals surface area contributed by atoms with Gasteiger partial charge < -0.3 is 89.1 Å². The van der Waals surface area contributed by atoms with Crippen LogP contribution in [0.2, 0.25) is 0 Å². The number of aliphatic hydroxyl groups excluding tert-OH is 1. The van der Waals surface area contributed by atoms with Crippen molar-refractivity contribution in [3.05, 3.63) is 84.1 Å². The average molecular weight is 1240 g/mol. The first-order valence-corrected chi connectivity index (χ1v) is 29.9. The van der Waals surface area contributed by atoms with Gasteiger partial charge in [-0.15, -0.1) is 0 Å². The lowest BCUT2D eigenvalue weighted by Gasteiger charge is -2.31. The van der Waals surface area contributed by atoms with Crippen LogP contribution < -0.4 is 59.3 Å². The molecular formula is C60H86N16O13. The number of nitrogens with two attached hydrogens (primary N) is 2. The van der Waals surface area contributed by atoms with Gasteiger partial charge in [-0.1, -0.05) is 44.2 Å². The lowest BCUT2D eigenvalue weighted by Crippen LogP contribution is -2.62. The number of guanidine groups is 1. The largest absolute Gasteiger partial charge is 0.508 e. The monoisotopic (exact) mass is 1240 g/mol. The molecule has 29 nitrogen and oxygen atoms in total. The number of aliphatic hydroxyl groups is 1. The number of aliphatic imine (C=N–C) groups is 1. The molecule has 2 aliphatic heterocycles. The Kier molecular flexibility index (Phi) is 25.4. The Morgan fingerprint density at radius 1 is 0.753 bits per heavy atom. The van der Waals surface area contributed by atoms with E-state index in [4.69, 9.17) is 16.2 Å². The van der Waals surface area contributed by atoms with Crippen molar-refractivity contribution in [1.29, 1.82) is 0 Å². The molecule has 0 aliphatic carbocycles. The van der Waals surface area contributed by atoms with Crippen molar-refractivity contribution in [1.82, 2.24) is 67.7 Å². The number of fused-ring (bicyclic) bond motifs is 1. The van der Waals surface area contributed by atoms with Crippen LogP contribution in [0.4, 0.5) is 0 Å². The molecule has 10 amide bonds. The molecule has 1 unspecified atom stereocenters. The normalized spacial score (nSPS) is 17.2. The highest BCUT2D eigenvalue weighted by Crippen LogP contribution is 2.22. The third-order valence-electron chi connectivity index (χ3n) is 14.9. The summed E-state index contributed by atoms with van der Waals surface area (Å²) in [6, 6.07) is 1.02. The minimum absolute atomic E-state index is 0.0578. The van der Waals surface area contributed by atoms with E-state index in [1.165, 1.54) is 41.7 Å². The second kappa shape index (κ2) is 32.7. The van der Waals surface area contributed by atoms with Crippen molar-refractivity contribution in [2.75, 3.05) is 32.8 Å². The number of aromatic nitrogens is 3. The number of likely N-dealkylation sites (N-methyl/N-ethyl adjacent to an activating group) is 1. The second-order valence-corrected chi connectivity index (χ2v) is 23.6. The number of likely N-dealkylation sites (tertiary alicyclic amines) is 1. The first kappa shape index (κ1) is 69.0.